The molecule has 1 amide bonds. The van der Waals surface area contributed by atoms with E-state index < -0.39 is 69.7 Å². The van der Waals surface area contributed by atoms with Crippen molar-refractivity contribution in [3.63, 3.8) is 0 Å². The van der Waals surface area contributed by atoms with E-state index in [0.717, 1.165) is 0 Å². The molecule has 8 N–H and O–H groups in total. The summed E-state index contributed by atoms with van der Waals surface area (Å²) < 4.78 is 0. The second-order valence-corrected chi connectivity index (χ2v) is 8.58. The molecule has 1 aromatic carbocycles. The third-order valence-electron chi connectivity index (χ3n) is 6.70. The number of hydrogen-bond acceptors (Lipinski definition) is 8. The molecule has 3 aliphatic rings. The number of nitrogens with one attached hydrogen (secondary N) is 1. The number of aromatic hydroxyl groups is 1. The highest BCUT2D eigenvalue weighted by atomic mass is 16.4. The summed E-state index contributed by atoms with van der Waals surface area (Å²) >= 11 is 0. The maximum atomic E-state index is 13.6. The summed E-state index contributed by atoms with van der Waals surface area (Å²) in [5, 5.41) is 54.7. The van der Waals surface area contributed by atoms with Crippen LogP contribution in [-0.4, -0.2) is 74.8 Å². The Kier molecular flexibility index (Phi) is 4.60. The van der Waals surface area contributed by atoms with Gasteiger partial charge in [0.15, 0.2) is 11.6 Å². The van der Waals surface area contributed by atoms with Crippen molar-refractivity contribution in [2.24, 2.45) is 17.6 Å². The average Bonchev–Trinajstić information content (AvgIpc) is 2.70. The smallest absolute Gasteiger partial charge is 0.256 e. The molecule has 1 saturated carbocycles. The molecule has 32 heavy (non-hydrogen) atoms. The molecular formula is C22H23N2O8+. The van der Waals surface area contributed by atoms with Crippen molar-refractivity contribution in [3.8, 4) is 5.75 Å². The van der Waals surface area contributed by atoms with Crippen LogP contribution in [-0.2, 0) is 14.4 Å². The molecule has 1 aromatic rings. The number of hydrogen-bond donors (Lipinski definition) is 7. The number of Topliss-reactive ketones (excluding diaryl/α,β-unsaturated/α-hetero) is 2. The molecule has 5 atom stereocenters. The number of carbonyl (C=O) groups is 3. The number of aliphatic hydroxyl groups is 4. The highest BCUT2D eigenvalue weighted by molar-refractivity contribution is 6.24. The number of rotatable bonds is 2. The van der Waals surface area contributed by atoms with Crippen molar-refractivity contribution in [2.45, 2.75) is 17.7 Å². The first kappa shape index (κ1) is 21.8. The fourth-order valence-electron chi connectivity index (χ4n) is 5.31. The molecule has 0 bridgehead atoms. The summed E-state index contributed by atoms with van der Waals surface area (Å²) in [6.45, 7) is 3.92. The largest absolute Gasteiger partial charge is 0.508 e. The van der Waals surface area contributed by atoms with E-state index in [9.17, 15) is 39.9 Å². The number of nitrogens with two attached hydrogens (primary N) is 1. The second kappa shape index (κ2) is 6.76. The second-order valence-electron chi connectivity index (χ2n) is 8.58. The number of quaternary nitrogens is 1. The number of fused-ring (bicyclic) bond motifs is 3. The van der Waals surface area contributed by atoms with Gasteiger partial charge in [0.2, 0.25) is 11.6 Å². The highest BCUT2D eigenvalue weighted by Crippen LogP contribution is 2.54. The minimum Gasteiger partial charge on any atom is -0.508 e. The van der Waals surface area contributed by atoms with Gasteiger partial charge in [-0.15, -0.1) is 0 Å². The standard InChI is InChI=1S/C22H22N2O8/c1-7-8-5-4-6-9(25)11(8)16(26)12-10(7)17(27)14-15(24(2)3)18(28)13(21(23)31)20(30)22(14,32)19(12)29/h4-6,10,14-15,17,25-27,30,32H,1H2,2-3H3,(H2,23,31)/p+1/t10?,14-,15+,17+,22+/m1/s1. The molecule has 0 saturated heterocycles. The first-order chi connectivity index (χ1) is 14.9. The number of carbonyl (C=O) groups excluding carboxylic acids is 3. The lowest BCUT2D eigenvalue weighted by Gasteiger charge is -2.51. The van der Waals surface area contributed by atoms with Crippen molar-refractivity contribution >= 4 is 28.8 Å². The maximum Gasteiger partial charge on any atom is 0.256 e. The molecule has 0 spiro atoms. The third kappa shape index (κ3) is 2.42. The number of benzene rings is 1. The van der Waals surface area contributed by atoms with Crippen LogP contribution in [0, 0.1) is 11.8 Å². The van der Waals surface area contributed by atoms with Crippen LogP contribution in [0.15, 0.2) is 41.7 Å². The molecule has 10 nitrogen and oxygen atoms in total. The third-order valence-corrected chi connectivity index (χ3v) is 6.70. The lowest BCUT2D eigenvalue weighted by molar-refractivity contribution is -0.881. The zero-order valence-electron chi connectivity index (χ0n) is 17.3. The number of primary amides is 1. The molecule has 1 unspecified atom stereocenters. The van der Waals surface area contributed by atoms with Crippen LogP contribution in [0.2, 0.25) is 0 Å². The highest BCUT2D eigenvalue weighted by Gasteiger charge is 2.69. The Morgan fingerprint density at radius 2 is 1.81 bits per heavy atom. The van der Waals surface area contributed by atoms with Gasteiger partial charge in [-0.2, -0.15) is 0 Å². The van der Waals surface area contributed by atoms with Crippen molar-refractivity contribution < 1.29 is 44.8 Å². The minimum atomic E-state index is -2.92. The van der Waals surface area contributed by atoms with E-state index in [1.807, 2.05) is 0 Å². The maximum absolute atomic E-state index is 13.6. The summed E-state index contributed by atoms with van der Waals surface area (Å²) in [6, 6.07) is 2.98. The topological polar surface area (TPSA) is 183 Å². The molecule has 10 heteroatoms. The van der Waals surface area contributed by atoms with Gasteiger partial charge < -0.3 is 36.2 Å². The fourth-order valence-corrected chi connectivity index (χ4v) is 5.31. The molecular weight excluding hydrogens is 420 g/mol. The van der Waals surface area contributed by atoms with E-state index in [4.69, 9.17) is 5.73 Å². The summed E-state index contributed by atoms with van der Waals surface area (Å²) in [7, 11) is 3.04. The Labute approximate surface area is 182 Å². The Hall–Kier alpha value is -3.47. The quantitative estimate of drug-likeness (QED) is 0.256. The molecule has 3 aliphatic carbocycles. The van der Waals surface area contributed by atoms with E-state index in [0.29, 0.717) is 4.90 Å². The summed E-state index contributed by atoms with van der Waals surface area (Å²) in [4.78, 5) is 39.0. The minimum absolute atomic E-state index is 0.119. The van der Waals surface area contributed by atoms with E-state index in [1.54, 1.807) is 0 Å². The molecule has 0 radical (unpaired) electrons. The van der Waals surface area contributed by atoms with Gasteiger partial charge >= 0.3 is 0 Å². The molecule has 1 fully saturated rings. The van der Waals surface area contributed by atoms with E-state index in [2.05, 4.69) is 6.58 Å². The summed E-state index contributed by atoms with van der Waals surface area (Å²) in [5.74, 6) is -8.64. The van der Waals surface area contributed by atoms with Gasteiger partial charge in [-0.1, -0.05) is 18.7 Å². The van der Waals surface area contributed by atoms with Crippen molar-refractivity contribution in [2.75, 3.05) is 14.1 Å². The number of phenols is 1. The number of aliphatic hydroxyl groups excluding tert-OH is 3. The fraction of sp³-hybridized carbons (Fsp3) is 0.318. The molecule has 0 aliphatic heterocycles. The normalized spacial score (nSPS) is 32.1. The van der Waals surface area contributed by atoms with Crippen LogP contribution in [0.4, 0.5) is 0 Å². The number of phenolic OH excluding ortho intramolecular Hbond substituents is 1. The van der Waals surface area contributed by atoms with Crippen LogP contribution < -0.4 is 10.6 Å². The zero-order valence-corrected chi connectivity index (χ0v) is 17.3. The predicted octanol–water partition coefficient (Wildman–Crippen LogP) is -2.01. The van der Waals surface area contributed by atoms with Crippen LogP contribution in [0.25, 0.3) is 11.3 Å². The Morgan fingerprint density at radius 3 is 2.38 bits per heavy atom. The summed E-state index contributed by atoms with van der Waals surface area (Å²) in [6.07, 6.45) is -1.67. The SMILES string of the molecule is C=C1c2cccc(O)c2C(O)=C2C(=O)[C@]3(O)C(O)=C(C(N)=O)C(=O)[C@@H]([NH+](C)C)[C@@H]3[C@@H](O)C12. The van der Waals surface area contributed by atoms with E-state index in [-0.39, 0.29) is 22.4 Å². The summed E-state index contributed by atoms with van der Waals surface area (Å²) in [5.41, 5.74) is 1.25. The van der Waals surface area contributed by atoms with Crippen LogP contribution >= 0.6 is 0 Å². The van der Waals surface area contributed by atoms with E-state index >= 15 is 0 Å². The zero-order chi connectivity index (χ0) is 23.9. The molecule has 0 aromatic heterocycles. The van der Waals surface area contributed by atoms with Gasteiger partial charge in [0, 0.05) is 5.92 Å². The van der Waals surface area contributed by atoms with Gasteiger partial charge in [-0.05, 0) is 17.2 Å². The van der Waals surface area contributed by atoms with Crippen molar-refractivity contribution in [1.29, 1.82) is 0 Å². The van der Waals surface area contributed by atoms with Gasteiger partial charge in [-0.3, -0.25) is 14.4 Å². The van der Waals surface area contributed by atoms with Gasteiger partial charge in [0.25, 0.3) is 5.91 Å². The van der Waals surface area contributed by atoms with Crippen LogP contribution in [0.5, 0.6) is 5.75 Å². The van der Waals surface area contributed by atoms with Gasteiger partial charge in [-0.25, -0.2) is 0 Å². The monoisotopic (exact) mass is 443 g/mol. The average molecular weight is 443 g/mol. The number of amides is 1. The number of likely N-dealkylation sites (N-methyl/N-ethyl adjacent to an activating group) is 1. The Balaban J connectivity index is 2.08. The van der Waals surface area contributed by atoms with E-state index in [1.165, 1.54) is 32.3 Å². The van der Waals surface area contributed by atoms with Crippen LogP contribution in [0.1, 0.15) is 11.1 Å². The number of ketones is 2. The first-order valence-electron chi connectivity index (χ1n) is 9.84. The molecule has 168 valence electrons. The Morgan fingerprint density at radius 1 is 1.19 bits per heavy atom. The lowest BCUT2D eigenvalue weighted by Crippen LogP contribution is -3.13. The lowest BCUT2D eigenvalue weighted by atomic mass is 9.55. The van der Waals surface area contributed by atoms with Crippen LogP contribution in [0.3, 0.4) is 0 Å². The molecule has 4 rings (SSSR count). The first-order valence-corrected chi connectivity index (χ1v) is 9.84. The van der Waals surface area contributed by atoms with Crippen molar-refractivity contribution in [3.05, 3.63) is 52.8 Å². The van der Waals surface area contributed by atoms with Crippen molar-refractivity contribution in [1.82, 2.24) is 0 Å². The van der Waals surface area contributed by atoms with Gasteiger partial charge in [0.1, 0.15) is 22.8 Å². The van der Waals surface area contributed by atoms with Gasteiger partial charge in [0.05, 0.1) is 37.3 Å². The molecule has 0 heterocycles. The Bertz CT molecular complexity index is 1180. The predicted molar refractivity (Wildman–Crippen MR) is 110 cm³/mol.